The van der Waals surface area contributed by atoms with Gasteiger partial charge in [0.1, 0.15) is 0 Å². The van der Waals surface area contributed by atoms with Gasteiger partial charge in [0, 0.05) is 11.3 Å². The quantitative estimate of drug-likeness (QED) is 0.487. The molecule has 0 fully saturated rings. The van der Waals surface area contributed by atoms with Crippen molar-refractivity contribution in [2.24, 2.45) is 0 Å². The lowest BCUT2D eigenvalue weighted by Crippen LogP contribution is -1.88. The second-order valence-electron chi connectivity index (χ2n) is 5.05. The minimum absolute atomic E-state index is 1.07. The molecule has 2 aromatic carbocycles. The maximum Gasteiger partial charge on any atom is 0.195 e. The number of aryl methyl sites for hydroxylation is 2. The van der Waals surface area contributed by atoms with Crippen molar-refractivity contribution in [2.45, 2.75) is 13.8 Å². The van der Waals surface area contributed by atoms with Crippen molar-refractivity contribution in [3.63, 3.8) is 0 Å². The van der Waals surface area contributed by atoms with E-state index in [1.165, 1.54) is 27.0 Å². The van der Waals surface area contributed by atoms with E-state index >= 15 is 0 Å². The summed E-state index contributed by atoms with van der Waals surface area (Å²) in [5.74, 6) is 0. The molecule has 2 nitrogen and oxygen atoms in total. The average Bonchev–Trinajstić information content (AvgIpc) is 2.98. The number of hydrogen-bond donors (Lipinski definition) is 0. The van der Waals surface area contributed by atoms with Crippen molar-refractivity contribution in [2.75, 3.05) is 0 Å². The Kier molecular flexibility index (Phi) is 2.44. The predicted octanol–water partition coefficient (Wildman–Crippen LogP) is 4.83. The van der Waals surface area contributed by atoms with Gasteiger partial charge in [0.15, 0.2) is 4.96 Å². The largest absolute Gasteiger partial charge is 0.287 e. The fourth-order valence-corrected chi connectivity index (χ4v) is 3.93. The van der Waals surface area contributed by atoms with Crippen molar-refractivity contribution in [3.8, 4) is 11.3 Å². The third-order valence-corrected chi connectivity index (χ3v) is 4.76. The molecule has 2 heterocycles. The van der Waals surface area contributed by atoms with Crippen LogP contribution in [-0.2, 0) is 0 Å². The minimum atomic E-state index is 1.07. The number of hydrogen-bond acceptors (Lipinski definition) is 2. The summed E-state index contributed by atoms with van der Waals surface area (Å²) in [5.41, 5.74) is 6.07. The van der Waals surface area contributed by atoms with Gasteiger partial charge < -0.3 is 0 Å². The summed E-state index contributed by atoms with van der Waals surface area (Å²) in [5, 5.41) is 0. The van der Waals surface area contributed by atoms with E-state index in [2.05, 4.69) is 60.7 Å². The Morgan fingerprint density at radius 3 is 2.55 bits per heavy atom. The summed E-state index contributed by atoms with van der Waals surface area (Å²) < 4.78 is 3.59. The standard InChI is InChI=1S/C17H14N2S/c1-11-7-6-10-14-16(11)19-12(2)15(18-17(19)20-14)13-8-4-3-5-9-13/h3-10H,1-2H3. The number of imidazole rings is 1. The number of aromatic nitrogens is 2. The first-order valence-corrected chi connectivity index (χ1v) is 7.50. The number of rotatable bonds is 1. The highest BCUT2D eigenvalue weighted by molar-refractivity contribution is 7.23. The molecule has 4 rings (SSSR count). The average molecular weight is 278 g/mol. The van der Waals surface area contributed by atoms with Crippen molar-refractivity contribution >= 4 is 26.5 Å². The second-order valence-corrected chi connectivity index (χ2v) is 6.06. The fraction of sp³-hybridized carbons (Fsp3) is 0.118. The zero-order valence-corrected chi connectivity index (χ0v) is 12.2. The third-order valence-electron chi connectivity index (χ3n) is 3.75. The summed E-state index contributed by atoms with van der Waals surface area (Å²) in [6.45, 7) is 4.32. The molecule has 0 aliphatic carbocycles. The van der Waals surface area contributed by atoms with Crippen LogP contribution in [0.2, 0.25) is 0 Å². The molecule has 4 aromatic rings. The van der Waals surface area contributed by atoms with Crippen LogP contribution in [0.5, 0.6) is 0 Å². The lowest BCUT2D eigenvalue weighted by Gasteiger charge is -2.01. The first-order chi connectivity index (χ1) is 9.75. The van der Waals surface area contributed by atoms with Crippen LogP contribution in [0.3, 0.4) is 0 Å². The highest BCUT2D eigenvalue weighted by Gasteiger charge is 2.15. The van der Waals surface area contributed by atoms with Crippen LogP contribution in [-0.4, -0.2) is 9.38 Å². The molecular formula is C17H14N2S. The first kappa shape index (κ1) is 11.7. The Morgan fingerprint density at radius 2 is 1.75 bits per heavy atom. The normalized spacial score (nSPS) is 11.5. The fourth-order valence-electron chi connectivity index (χ4n) is 2.78. The molecule has 0 aliphatic rings. The monoisotopic (exact) mass is 278 g/mol. The summed E-state index contributed by atoms with van der Waals surface area (Å²) >= 11 is 1.76. The Labute approximate surface area is 121 Å². The van der Waals surface area contributed by atoms with Gasteiger partial charge in [-0.05, 0) is 25.5 Å². The van der Waals surface area contributed by atoms with E-state index < -0.39 is 0 Å². The molecule has 98 valence electrons. The number of fused-ring (bicyclic) bond motifs is 3. The summed E-state index contributed by atoms with van der Waals surface area (Å²) in [6, 6.07) is 16.8. The van der Waals surface area contributed by atoms with Gasteiger partial charge in [-0.25, -0.2) is 4.98 Å². The van der Waals surface area contributed by atoms with Crippen LogP contribution in [0.1, 0.15) is 11.3 Å². The van der Waals surface area contributed by atoms with E-state index in [1.807, 2.05) is 6.07 Å². The van der Waals surface area contributed by atoms with Crippen LogP contribution in [0.4, 0.5) is 0 Å². The van der Waals surface area contributed by atoms with Gasteiger partial charge >= 0.3 is 0 Å². The molecule has 0 unspecified atom stereocenters. The van der Waals surface area contributed by atoms with Crippen LogP contribution >= 0.6 is 11.3 Å². The molecule has 0 bridgehead atoms. The molecule has 0 atom stereocenters. The predicted molar refractivity (Wildman–Crippen MR) is 85.5 cm³/mol. The Balaban J connectivity index is 2.10. The van der Waals surface area contributed by atoms with Gasteiger partial charge in [0.05, 0.1) is 15.9 Å². The van der Waals surface area contributed by atoms with E-state index in [-0.39, 0.29) is 0 Å². The number of benzene rings is 2. The zero-order valence-electron chi connectivity index (χ0n) is 11.4. The van der Waals surface area contributed by atoms with E-state index in [4.69, 9.17) is 4.98 Å². The van der Waals surface area contributed by atoms with Gasteiger partial charge in [0.2, 0.25) is 0 Å². The molecule has 0 N–H and O–H groups in total. The van der Waals surface area contributed by atoms with E-state index in [0.717, 1.165) is 10.7 Å². The van der Waals surface area contributed by atoms with Gasteiger partial charge in [0.25, 0.3) is 0 Å². The molecule has 0 saturated heterocycles. The SMILES string of the molecule is Cc1cccc2sc3nc(-c4ccccc4)c(C)n3c12. The molecular weight excluding hydrogens is 264 g/mol. The highest BCUT2D eigenvalue weighted by Crippen LogP contribution is 2.33. The molecule has 2 aromatic heterocycles. The van der Waals surface area contributed by atoms with Crippen molar-refractivity contribution < 1.29 is 0 Å². The first-order valence-electron chi connectivity index (χ1n) is 6.68. The van der Waals surface area contributed by atoms with Crippen LogP contribution in [0.15, 0.2) is 48.5 Å². The van der Waals surface area contributed by atoms with Crippen LogP contribution in [0.25, 0.3) is 26.4 Å². The van der Waals surface area contributed by atoms with Crippen molar-refractivity contribution in [1.29, 1.82) is 0 Å². The lowest BCUT2D eigenvalue weighted by molar-refractivity contribution is 1.18. The number of thiazole rings is 1. The maximum absolute atomic E-state index is 4.84. The Morgan fingerprint density at radius 1 is 0.950 bits per heavy atom. The van der Waals surface area contributed by atoms with Crippen molar-refractivity contribution in [1.82, 2.24) is 9.38 Å². The van der Waals surface area contributed by atoms with Gasteiger partial charge in [-0.1, -0.05) is 53.8 Å². The highest BCUT2D eigenvalue weighted by atomic mass is 32.1. The summed E-state index contributed by atoms with van der Waals surface area (Å²) in [7, 11) is 0. The zero-order chi connectivity index (χ0) is 13.7. The molecule has 0 saturated carbocycles. The maximum atomic E-state index is 4.84. The van der Waals surface area contributed by atoms with Gasteiger partial charge in [-0.15, -0.1) is 0 Å². The van der Waals surface area contributed by atoms with Crippen molar-refractivity contribution in [3.05, 3.63) is 59.8 Å². The van der Waals surface area contributed by atoms with Crippen LogP contribution < -0.4 is 0 Å². The molecule has 3 heteroatoms. The van der Waals surface area contributed by atoms with Gasteiger partial charge in [-0.3, -0.25) is 4.40 Å². The third kappa shape index (κ3) is 1.53. The molecule has 0 aliphatic heterocycles. The summed E-state index contributed by atoms with van der Waals surface area (Å²) in [6.07, 6.45) is 0. The molecule has 0 amide bonds. The second kappa shape index (κ2) is 4.18. The van der Waals surface area contributed by atoms with E-state index in [1.54, 1.807) is 11.3 Å². The number of para-hydroxylation sites is 1. The van der Waals surface area contributed by atoms with E-state index in [9.17, 15) is 0 Å². The Bertz CT molecular complexity index is 916. The lowest BCUT2D eigenvalue weighted by atomic mass is 10.1. The molecule has 0 spiro atoms. The minimum Gasteiger partial charge on any atom is -0.287 e. The smallest absolute Gasteiger partial charge is 0.195 e. The Hall–Kier alpha value is -2.13. The topological polar surface area (TPSA) is 17.3 Å². The number of nitrogens with zero attached hydrogens (tertiary/aromatic N) is 2. The van der Waals surface area contributed by atoms with E-state index in [0.29, 0.717) is 0 Å². The molecule has 0 radical (unpaired) electrons. The summed E-state index contributed by atoms with van der Waals surface area (Å²) in [4.78, 5) is 5.92. The molecule has 20 heavy (non-hydrogen) atoms. The van der Waals surface area contributed by atoms with Crippen LogP contribution in [0, 0.1) is 13.8 Å². The van der Waals surface area contributed by atoms with Gasteiger partial charge in [-0.2, -0.15) is 0 Å².